The minimum Gasteiger partial charge on any atom is -0.192 e. The highest BCUT2D eigenvalue weighted by atomic mass is 14.2. The van der Waals surface area contributed by atoms with Crippen LogP contribution in [0.1, 0.15) is 72.8 Å². The van der Waals surface area contributed by atoms with Crippen LogP contribution >= 0.6 is 0 Å². The highest BCUT2D eigenvalue weighted by molar-refractivity contribution is 5.68. The Morgan fingerprint density at radius 1 is 0.474 bits per heavy atom. The van der Waals surface area contributed by atoms with Gasteiger partial charge < -0.3 is 0 Å². The van der Waals surface area contributed by atoms with E-state index < -0.39 is 0 Å². The molecule has 0 N–H and O–H groups in total. The number of aryl methyl sites for hydroxylation is 3. The van der Waals surface area contributed by atoms with Crippen LogP contribution in [0.2, 0.25) is 0 Å². The molecule has 0 saturated heterocycles. The minimum absolute atomic E-state index is 0.701. The first kappa shape index (κ1) is 26.9. The van der Waals surface area contributed by atoms with Gasteiger partial charge in [0.05, 0.1) is 23.3 Å². The average Bonchev–Trinajstić information content (AvgIpc) is 2.97. The van der Waals surface area contributed by atoms with Crippen LogP contribution in [0.5, 0.6) is 0 Å². The molecule has 4 aromatic rings. The Labute approximate surface area is 228 Å². The third-order valence-electron chi connectivity index (χ3n) is 7.35. The predicted octanol–water partition coefficient (Wildman–Crippen LogP) is 9.59. The molecule has 4 aromatic carbocycles. The molecule has 190 valence electrons. The fraction of sp³-hybridized carbons (Fsp3) is 0.278. The molecule has 0 saturated carbocycles. The van der Waals surface area contributed by atoms with Gasteiger partial charge in [0.1, 0.15) is 0 Å². The van der Waals surface area contributed by atoms with Gasteiger partial charge >= 0.3 is 0 Å². The number of benzene rings is 4. The number of hydrogen-bond acceptors (Lipinski definition) is 2. The molecule has 4 rings (SSSR count). The van der Waals surface area contributed by atoms with E-state index in [2.05, 4.69) is 61.5 Å². The van der Waals surface area contributed by atoms with Crippen LogP contribution < -0.4 is 0 Å². The molecule has 0 aliphatic carbocycles. The van der Waals surface area contributed by atoms with Gasteiger partial charge in [0.15, 0.2) is 0 Å². The number of rotatable bonds is 12. The smallest absolute Gasteiger partial charge is 0.0991 e. The molecule has 0 aliphatic heterocycles. The fourth-order valence-corrected chi connectivity index (χ4v) is 5.07. The van der Waals surface area contributed by atoms with Crippen molar-refractivity contribution >= 4 is 0 Å². The largest absolute Gasteiger partial charge is 0.192 e. The van der Waals surface area contributed by atoms with E-state index in [9.17, 15) is 0 Å². The molecule has 0 aromatic heterocycles. The van der Waals surface area contributed by atoms with Gasteiger partial charge in [-0.1, -0.05) is 98.8 Å². The summed E-state index contributed by atoms with van der Waals surface area (Å²) in [6.07, 6.45) is 11.4. The summed E-state index contributed by atoms with van der Waals surface area (Å²) in [4.78, 5) is 0. The minimum atomic E-state index is 0.701. The van der Waals surface area contributed by atoms with Gasteiger partial charge in [-0.3, -0.25) is 0 Å². The average molecular weight is 497 g/mol. The second-order valence-electron chi connectivity index (χ2n) is 10.2. The predicted molar refractivity (Wildman–Crippen MR) is 158 cm³/mol. The van der Waals surface area contributed by atoms with Gasteiger partial charge in [0.2, 0.25) is 0 Å². The summed E-state index contributed by atoms with van der Waals surface area (Å²) in [5, 5.41) is 18.0. The third-order valence-corrected chi connectivity index (χ3v) is 7.35. The summed E-state index contributed by atoms with van der Waals surface area (Å²) >= 11 is 0. The molecule has 2 heteroatoms. The number of nitrogens with zero attached hydrogens (tertiary/aromatic N) is 2. The lowest BCUT2D eigenvalue weighted by atomic mass is 9.96. The lowest BCUT2D eigenvalue weighted by molar-refractivity contribution is 0.579. The normalized spacial score (nSPS) is 10.6. The van der Waals surface area contributed by atoms with Crippen molar-refractivity contribution in [2.24, 2.45) is 0 Å². The van der Waals surface area contributed by atoms with E-state index in [1.165, 1.54) is 78.3 Å². The molecule has 0 heterocycles. The second-order valence-corrected chi connectivity index (χ2v) is 10.2. The lowest BCUT2D eigenvalue weighted by Gasteiger charge is -2.09. The Bertz CT molecular complexity index is 1380. The van der Waals surface area contributed by atoms with Crippen LogP contribution in [0.25, 0.3) is 22.3 Å². The summed E-state index contributed by atoms with van der Waals surface area (Å²) in [6.45, 7) is 2.18. The number of nitriles is 2. The van der Waals surface area contributed by atoms with Crippen molar-refractivity contribution in [1.82, 2.24) is 0 Å². The molecular weight excluding hydrogens is 460 g/mol. The zero-order valence-electron chi connectivity index (χ0n) is 22.4. The Morgan fingerprint density at radius 3 is 1.39 bits per heavy atom. The first-order valence-electron chi connectivity index (χ1n) is 13.9. The summed E-state index contributed by atoms with van der Waals surface area (Å²) in [5.41, 5.74) is 10.3. The van der Waals surface area contributed by atoms with Crippen LogP contribution in [-0.2, 0) is 12.8 Å². The molecule has 0 radical (unpaired) electrons. The van der Waals surface area contributed by atoms with Crippen molar-refractivity contribution in [2.75, 3.05) is 0 Å². The third kappa shape index (κ3) is 7.68. The highest BCUT2D eigenvalue weighted by Crippen LogP contribution is 2.26. The van der Waals surface area contributed by atoms with Gasteiger partial charge in [-0.2, -0.15) is 10.5 Å². The van der Waals surface area contributed by atoms with Crippen molar-refractivity contribution in [3.8, 4) is 34.4 Å². The molecule has 0 bridgehead atoms. The van der Waals surface area contributed by atoms with Crippen LogP contribution in [0, 0.1) is 29.6 Å². The molecular formula is C36H36N2. The Morgan fingerprint density at radius 2 is 0.895 bits per heavy atom. The standard InChI is InChI=1S/C36H36N2/c1-28-25-30(17-24-36(28)35-22-15-32(27-38)16-23-35)10-8-6-4-2-3-5-7-9-29-11-18-33(19-12-29)34-20-13-31(26-37)14-21-34/h11-25H,2-10H2,1H3. The molecule has 38 heavy (non-hydrogen) atoms. The first-order chi connectivity index (χ1) is 18.7. The van der Waals surface area contributed by atoms with Crippen molar-refractivity contribution in [2.45, 2.75) is 64.7 Å². The highest BCUT2D eigenvalue weighted by Gasteiger charge is 2.04. The molecule has 0 fully saturated rings. The first-order valence-corrected chi connectivity index (χ1v) is 13.9. The molecule has 0 amide bonds. The zero-order valence-corrected chi connectivity index (χ0v) is 22.4. The van der Waals surface area contributed by atoms with Gasteiger partial charge in [-0.25, -0.2) is 0 Å². The molecule has 0 aliphatic rings. The topological polar surface area (TPSA) is 47.6 Å². The molecule has 0 unspecified atom stereocenters. The van der Waals surface area contributed by atoms with E-state index in [-0.39, 0.29) is 0 Å². The van der Waals surface area contributed by atoms with Crippen LogP contribution in [0.4, 0.5) is 0 Å². The number of unbranched alkanes of at least 4 members (excludes halogenated alkanes) is 6. The van der Waals surface area contributed by atoms with Crippen LogP contribution in [0.3, 0.4) is 0 Å². The van der Waals surface area contributed by atoms with E-state index in [1.807, 2.05) is 48.5 Å². The summed E-state index contributed by atoms with van der Waals surface area (Å²) in [6, 6.07) is 35.7. The van der Waals surface area contributed by atoms with Crippen molar-refractivity contribution < 1.29 is 0 Å². The van der Waals surface area contributed by atoms with Gasteiger partial charge in [0, 0.05) is 0 Å². The van der Waals surface area contributed by atoms with E-state index >= 15 is 0 Å². The SMILES string of the molecule is Cc1cc(CCCCCCCCCc2ccc(-c3ccc(C#N)cc3)cc2)ccc1-c1ccc(C#N)cc1. The lowest BCUT2D eigenvalue weighted by Crippen LogP contribution is -1.91. The van der Waals surface area contributed by atoms with E-state index in [0.717, 1.165) is 18.4 Å². The van der Waals surface area contributed by atoms with Gasteiger partial charge in [0.25, 0.3) is 0 Å². The number of hydrogen-bond donors (Lipinski definition) is 0. The quantitative estimate of drug-likeness (QED) is 0.183. The second kappa shape index (κ2) is 14.0. The van der Waals surface area contributed by atoms with Crippen LogP contribution in [-0.4, -0.2) is 0 Å². The summed E-state index contributed by atoms with van der Waals surface area (Å²) in [7, 11) is 0. The summed E-state index contributed by atoms with van der Waals surface area (Å²) < 4.78 is 0. The molecule has 0 atom stereocenters. The molecule has 0 spiro atoms. The zero-order chi connectivity index (χ0) is 26.6. The van der Waals surface area contributed by atoms with Crippen LogP contribution in [0.15, 0.2) is 91.0 Å². The maximum absolute atomic E-state index is 9.00. The van der Waals surface area contributed by atoms with Crippen molar-refractivity contribution in [1.29, 1.82) is 10.5 Å². The Hall–Kier alpha value is -4.14. The maximum atomic E-state index is 9.00. The van der Waals surface area contributed by atoms with E-state index in [4.69, 9.17) is 10.5 Å². The summed E-state index contributed by atoms with van der Waals surface area (Å²) in [5.74, 6) is 0. The van der Waals surface area contributed by atoms with Crippen molar-refractivity contribution in [3.63, 3.8) is 0 Å². The van der Waals surface area contributed by atoms with Crippen molar-refractivity contribution in [3.05, 3.63) is 119 Å². The van der Waals surface area contributed by atoms with E-state index in [1.54, 1.807) is 0 Å². The monoisotopic (exact) mass is 496 g/mol. The van der Waals surface area contributed by atoms with Gasteiger partial charge in [-0.05, 0) is 95.8 Å². The van der Waals surface area contributed by atoms with E-state index in [0.29, 0.717) is 11.1 Å². The Balaban J connectivity index is 1.09. The maximum Gasteiger partial charge on any atom is 0.0991 e. The molecule has 2 nitrogen and oxygen atoms in total. The Kier molecular flexibility index (Phi) is 9.89. The fourth-order valence-electron chi connectivity index (χ4n) is 5.07. The van der Waals surface area contributed by atoms with Gasteiger partial charge in [-0.15, -0.1) is 0 Å².